The third-order valence-corrected chi connectivity index (χ3v) is 7.55. The summed E-state index contributed by atoms with van der Waals surface area (Å²) in [7, 11) is -3.89. The number of carbonyl (C=O) groups excluding carboxylic acids is 1. The molecule has 0 aliphatic carbocycles. The zero-order chi connectivity index (χ0) is 23.8. The highest BCUT2D eigenvalue weighted by Gasteiger charge is 2.38. The molecule has 12 heteroatoms. The van der Waals surface area contributed by atoms with Gasteiger partial charge in [-0.2, -0.15) is 0 Å². The molecule has 1 aliphatic rings. The van der Waals surface area contributed by atoms with Crippen molar-refractivity contribution in [3.8, 4) is 0 Å². The summed E-state index contributed by atoms with van der Waals surface area (Å²) in [6.45, 7) is 4.29. The quantitative estimate of drug-likeness (QED) is 0.527. The van der Waals surface area contributed by atoms with E-state index in [-0.39, 0.29) is 52.7 Å². The summed E-state index contributed by atoms with van der Waals surface area (Å²) in [5.74, 6) is -0.240. The number of hydrogen-bond donors (Lipinski definition) is 2. The van der Waals surface area contributed by atoms with Crippen molar-refractivity contribution in [2.75, 3.05) is 25.0 Å². The molecule has 1 aromatic carbocycles. The number of likely N-dealkylation sites (tertiary alicyclic amines) is 1. The van der Waals surface area contributed by atoms with Crippen molar-refractivity contribution in [2.45, 2.75) is 25.2 Å². The predicted molar refractivity (Wildman–Crippen MR) is 119 cm³/mol. The summed E-state index contributed by atoms with van der Waals surface area (Å²) in [5.41, 5.74) is 1.13. The summed E-state index contributed by atoms with van der Waals surface area (Å²) in [5, 5.41) is 12.1. The van der Waals surface area contributed by atoms with E-state index in [1.54, 1.807) is 12.1 Å². The molecule has 1 amide bonds. The molecule has 1 saturated heterocycles. The first-order valence-corrected chi connectivity index (χ1v) is 11.9. The Hall–Kier alpha value is -3.54. The molecule has 1 aliphatic heterocycles. The third kappa shape index (κ3) is 4.38. The van der Waals surface area contributed by atoms with Gasteiger partial charge in [-0.25, -0.2) is 32.1 Å². The van der Waals surface area contributed by atoms with Crippen molar-refractivity contribution in [1.29, 1.82) is 0 Å². The lowest BCUT2D eigenvalue weighted by Crippen LogP contribution is -2.30. The standard InChI is InChI=1S/C21H24N6O5S/c1-3-14-10-26(21(29)30)11-16(14)17(28)8-22-18-9-23-20-19(25-18)24-12-27(20)33(31,32)15-6-4-13(2)5-7-15/h4-7,9,12,14,16H,3,8,10-11H2,1-2H3,(H,22,25)(H,29,30)/t14-,16-/m1/s1. The van der Waals surface area contributed by atoms with Gasteiger partial charge in [-0.3, -0.25) is 4.79 Å². The molecule has 2 atom stereocenters. The molecule has 3 heterocycles. The summed E-state index contributed by atoms with van der Waals surface area (Å²) in [6, 6.07) is 6.45. The minimum Gasteiger partial charge on any atom is -0.465 e. The number of nitrogens with zero attached hydrogens (tertiary/aromatic N) is 5. The van der Waals surface area contributed by atoms with Gasteiger partial charge in [0.25, 0.3) is 10.0 Å². The number of rotatable bonds is 7. The van der Waals surface area contributed by atoms with Crippen molar-refractivity contribution in [3.05, 3.63) is 42.4 Å². The van der Waals surface area contributed by atoms with Crippen LogP contribution in [0.1, 0.15) is 18.9 Å². The van der Waals surface area contributed by atoms with Crippen LogP contribution < -0.4 is 5.32 Å². The van der Waals surface area contributed by atoms with Gasteiger partial charge in [0.2, 0.25) is 0 Å². The van der Waals surface area contributed by atoms with Gasteiger partial charge in [-0.05, 0) is 25.0 Å². The Bertz CT molecular complexity index is 1300. The smallest absolute Gasteiger partial charge is 0.407 e. The number of benzene rings is 1. The summed E-state index contributed by atoms with van der Waals surface area (Å²) < 4.78 is 26.9. The SMILES string of the molecule is CC[C@@H]1CN(C(=O)O)C[C@H]1C(=O)CNc1cnc2c(ncn2S(=O)(=O)c2ccc(C)cc2)n1. The van der Waals surface area contributed by atoms with Crippen LogP contribution in [0.25, 0.3) is 11.3 Å². The zero-order valence-corrected chi connectivity index (χ0v) is 19.0. The second-order valence-corrected chi connectivity index (χ2v) is 9.86. The van der Waals surface area contributed by atoms with Crippen LogP contribution in [-0.4, -0.2) is 68.9 Å². The van der Waals surface area contributed by atoms with E-state index < -0.39 is 16.1 Å². The molecule has 2 aromatic heterocycles. The van der Waals surface area contributed by atoms with E-state index >= 15 is 0 Å². The van der Waals surface area contributed by atoms with Gasteiger partial charge in [0.1, 0.15) is 12.1 Å². The number of amides is 1. The summed E-state index contributed by atoms with van der Waals surface area (Å²) in [6.07, 6.45) is 2.18. The summed E-state index contributed by atoms with van der Waals surface area (Å²) in [4.78, 5) is 37.9. The molecule has 0 bridgehead atoms. The number of carboxylic acid groups (broad SMARTS) is 1. The molecule has 4 rings (SSSR count). The first kappa shape index (κ1) is 22.6. The topological polar surface area (TPSA) is 147 Å². The average Bonchev–Trinajstić information content (AvgIpc) is 3.42. The predicted octanol–water partition coefficient (Wildman–Crippen LogP) is 1.99. The normalized spacial score (nSPS) is 18.5. The van der Waals surface area contributed by atoms with Crippen molar-refractivity contribution in [1.82, 2.24) is 23.8 Å². The lowest BCUT2D eigenvalue weighted by Gasteiger charge is -2.15. The number of anilines is 1. The van der Waals surface area contributed by atoms with E-state index in [9.17, 15) is 23.1 Å². The van der Waals surface area contributed by atoms with Gasteiger partial charge < -0.3 is 15.3 Å². The molecule has 174 valence electrons. The van der Waals surface area contributed by atoms with Crippen LogP contribution in [0.3, 0.4) is 0 Å². The molecule has 2 N–H and O–H groups in total. The molecule has 1 fully saturated rings. The number of nitrogens with one attached hydrogen (secondary N) is 1. The highest BCUT2D eigenvalue weighted by Crippen LogP contribution is 2.27. The zero-order valence-electron chi connectivity index (χ0n) is 18.2. The molecule has 11 nitrogen and oxygen atoms in total. The van der Waals surface area contributed by atoms with Gasteiger partial charge in [0, 0.05) is 19.0 Å². The second kappa shape index (κ2) is 8.77. The lowest BCUT2D eigenvalue weighted by atomic mass is 9.90. The van der Waals surface area contributed by atoms with Gasteiger partial charge in [0.05, 0.1) is 17.6 Å². The maximum atomic E-state index is 12.9. The Kier molecular flexibility index (Phi) is 6.02. The highest BCUT2D eigenvalue weighted by atomic mass is 32.2. The Morgan fingerprint density at radius 2 is 1.91 bits per heavy atom. The van der Waals surface area contributed by atoms with Crippen LogP contribution in [0.5, 0.6) is 0 Å². The Morgan fingerprint density at radius 3 is 2.58 bits per heavy atom. The molecular formula is C21H24N6O5S. The van der Waals surface area contributed by atoms with E-state index in [0.29, 0.717) is 13.0 Å². The fourth-order valence-electron chi connectivity index (χ4n) is 3.98. The fourth-order valence-corrected chi connectivity index (χ4v) is 5.21. The molecule has 0 spiro atoms. The van der Waals surface area contributed by atoms with Crippen LogP contribution in [0.15, 0.2) is 41.7 Å². The fraction of sp³-hybridized carbons (Fsp3) is 0.381. The number of carbonyl (C=O) groups is 2. The monoisotopic (exact) mass is 472 g/mol. The molecule has 3 aromatic rings. The van der Waals surface area contributed by atoms with Crippen molar-refractivity contribution in [3.63, 3.8) is 0 Å². The molecule has 0 saturated carbocycles. The molecular weight excluding hydrogens is 448 g/mol. The maximum absolute atomic E-state index is 12.9. The Morgan fingerprint density at radius 1 is 1.18 bits per heavy atom. The maximum Gasteiger partial charge on any atom is 0.407 e. The summed E-state index contributed by atoms with van der Waals surface area (Å²) >= 11 is 0. The van der Waals surface area contributed by atoms with Crippen molar-refractivity contribution >= 4 is 39.0 Å². The van der Waals surface area contributed by atoms with Gasteiger partial charge in [0.15, 0.2) is 17.1 Å². The molecule has 0 radical (unpaired) electrons. The Labute approximate surface area is 190 Å². The number of ketones is 1. The number of imidazole rings is 1. The minimum atomic E-state index is -3.89. The number of fused-ring (bicyclic) bond motifs is 1. The minimum absolute atomic E-state index is 0.0216. The lowest BCUT2D eigenvalue weighted by molar-refractivity contribution is -0.121. The van der Waals surface area contributed by atoms with E-state index in [4.69, 9.17) is 0 Å². The van der Waals surface area contributed by atoms with Crippen molar-refractivity contribution in [2.24, 2.45) is 11.8 Å². The molecule has 33 heavy (non-hydrogen) atoms. The van der Waals surface area contributed by atoms with Gasteiger partial charge in [-0.15, -0.1) is 0 Å². The van der Waals surface area contributed by atoms with E-state index in [0.717, 1.165) is 15.9 Å². The molecule has 0 unspecified atom stereocenters. The third-order valence-electron chi connectivity index (χ3n) is 5.90. The first-order chi connectivity index (χ1) is 15.7. The van der Waals surface area contributed by atoms with E-state index in [1.165, 1.54) is 23.2 Å². The van der Waals surface area contributed by atoms with E-state index in [2.05, 4.69) is 20.3 Å². The average molecular weight is 473 g/mol. The number of Topliss-reactive ketones (excluding diaryl/α,β-unsaturated/α-hetero) is 1. The highest BCUT2D eigenvalue weighted by molar-refractivity contribution is 7.90. The van der Waals surface area contributed by atoms with Crippen LogP contribution >= 0.6 is 0 Å². The number of aryl methyl sites for hydroxylation is 1. The Balaban J connectivity index is 1.49. The first-order valence-electron chi connectivity index (χ1n) is 10.5. The number of aromatic nitrogens is 4. The van der Waals surface area contributed by atoms with Crippen LogP contribution in [0, 0.1) is 18.8 Å². The van der Waals surface area contributed by atoms with Gasteiger partial charge >= 0.3 is 6.09 Å². The van der Waals surface area contributed by atoms with Gasteiger partial charge in [-0.1, -0.05) is 31.0 Å². The van der Waals surface area contributed by atoms with Crippen LogP contribution in [0.2, 0.25) is 0 Å². The number of hydrogen-bond acceptors (Lipinski definition) is 8. The van der Waals surface area contributed by atoms with E-state index in [1.807, 2.05) is 13.8 Å². The van der Waals surface area contributed by atoms with Crippen LogP contribution in [-0.2, 0) is 14.8 Å². The second-order valence-electron chi connectivity index (χ2n) is 8.04. The van der Waals surface area contributed by atoms with Crippen LogP contribution in [0.4, 0.5) is 10.6 Å². The van der Waals surface area contributed by atoms with Crippen molar-refractivity contribution < 1.29 is 23.1 Å². The largest absolute Gasteiger partial charge is 0.465 e.